The van der Waals surface area contributed by atoms with E-state index in [1.54, 1.807) is 0 Å². The fourth-order valence-electron chi connectivity index (χ4n) is 2.48. The quantitative estimate of drug-likeness (QED) is 0.0619. The highest BCUT2D eigenvalue weighted by molar-refractivity contribution is 7.98. The molecule has 3 amide bonds. The van der Waals surface area contributed by atoms with E-state index in [9.17, 15) is 29.1 Å². The predicted octanol–water partition coefficient (Wildman–Crippen LogP) is -2.85. The molecule has 0 saturated carbocycles. The highest BCUT2D eigenvalue weighted by Crippen LogP contribution is 2.03. The molecule has 0 spiro atoms. The molecular formula is C18H33N7O7S. The van der Waals surface area contributed by atoms with Gasteiger partial charge in [-0.3, -0.25) is 24.2 Å². The van der Waals surface area contributed by atoms with Gasteiger partial charge in [0.15, 0.2) is 5.96 Å². The molecule has 4 atom stereocenters. The summed E-state index contributed by atoms with van der Waals surface area (Å²) in [6.45, 7) is 1.47. The first-order chi connectivity index (χ1) is 15.4. The van der Waals surface area contributed by atoms with Crippen LogP contribution in [0.15, 0.2) is 4.99 Å². The second-order valence-electron chi connectivity index (χ2n) is 7.13. The molecule has 0 aliphatic carbocycles. The monoisotopic (exact) mass is 491 g/mol. The zero-order valence-corrected chi connectivity index (χ0v) is 19.4. The molecule has 0 fully saturated rings. The van der Waals surface area contributed by atoms with Crippen LogP contribution in [-0.4, -0.2) is 88.6 Å². The van der Waals surface area contributed by atoms with E-state index < -0.39 is 60.2 Å². The number of rotatable bonds is 16. The fraction of sp³-hybridized carbons (Fsp3) is 0.667. The number of nitrogens with zero attached hydrogens (tertiary/aromatic N) is 1. The number of guanidine groups is 1. The van der Waals surface area contributed by atoms with Gasteiger partial charge in [-0.2, -0.15) is 11.8 Å². The number of nitrogens with two attached hydrogens (primary N) is 3. The SMILES string of the molecule is CSCCC(N)C(=O)NC(C)C(=O)NC(CC(=O)O)C(=O)NC(CCCN=C(N)N)C(=O)O. The zero-order chi connectivity index (χ0) is 25.6. The molecule has 0 saturated heterocycles. The van der Waals surface area contributed by atoms with Crippen LogP contribution in [0.4, 0.5) is 0 Å². The number of carboxylic acid groups (broad SMARTS) is 2. The van der Waals surface area contributed by atoms with Crippen LogP contribution in [0.1, 0.15) is 32.6 Å². The van der Waals surface area contributed by atoms with Gasteiger partial charge in [0.2, 0.25) is 17.7 Å². The van der Waals surface area contributed by atoms with Gasteiger partial charge in [-0.15, -0.1) is 0 Å². The first-order valence-corrected chi connectivity index (χ1v) is 11.4. The number of amides is 3. The van der Waals surface area contributed by atoms with Gasteiger partial charge in [0.25, 0.3) is 0 Å². The van der Waals surface area contributed by atoms with Crippen molar-refractivity contribution in [2.24, 2.45) is 22.2 Å². The molecule has 0 bridgehead atoms. The number of carboxylic acids is 2. The van der Waals surface area contributed by atoms with Gasteiger partial charge >= 0.3 is 11.9 Å². The Morgan fingerprint density at radius 1 is 0.939 bits per heavy atom. The molecule has 15 heteroatoms. The van der Waals surface area contributed by atoms with Crippen molar-refractivity contribution in [2.75, 3.05) is 18.6 Å². The van der Waals surface area contributed by atoms with E-state index in [0.717, 1.165) is 0 Å². The first-order valence-electron chi connectivity index (χ1n) is 10.0. The molecule has 0 aromatic heterocycles. The fourth-order valence-corrected chi connectivity index (χ4v) is 2.97. The Balaban J connectivity index is 5.07. The number of nitrogens with one attached hydrogen (secondary N) is 3. The Labute approximate surface area is 195 Å². The normalized spacial score (nSPS) is 14.2. The summed E-state index contributed by atoms with van der Waals surface area (Å²) in [7, 11) is 0. The van der Waals surface area contributed by atoms with Crippen LogP contribution >= 0.6 is 11.8 Å². The standard InChI is InChI=1S/C18H33N7O7S/c1-9(23-15(29)10(19)5-7-33-2)14(28)25-12(8-13(26)27)16(30)24-11(17(31)32)4-3-6-22-18(20)21/h9-12H,3-8,19H2,1-2H3,(H,23,29)(H,24,30)(H,25,28)(H,26,27)(H,31,32)(H4,20,21,22). The number of thioether (sulfide) groups is 1. The molecule has 4 unspecified atom stereocenters. The number of hydrogen-bond acceptors (Lipinski definition) is 8. The summed E-state index contributed by atoms with van der Waals surface area (Å²) in [6, 6.07) is -4.87. The van der Waals surface area contributed by atoms with E-state index in [0.29, 0.717) is 12.2 Å². The molecule has 188 valence electrons. The molecule has 0 aliphatic heterocycles. The average molecular weight is 492 g/mol. The van der Waals surface area contributed by atoms with Crippen molar-refractivity contribution in [3.05, 3.63) is 0 Å². The molecule has 33 heavy (non-hydrogen) atoms. The van der Waals surface area contributed by atoms with E-state index in [1.165, 1.54) is 18.7 Å². The van der Waals surface area contributed by atoms with Crippen molar-refractivity contribution in [1.82, 2.24) is 16.0 Å². The molecule has 0 radical (unpaired) electrons. The highest BCUT2D eigenvalue weighted by atomic mass is 32.2. The van der Waals surface area contributed by atoms with Crippen LogP contribution in [0.2, 0.25) is 0 Å². The van der Waals surface area contributed by atoms with E-state index in [-0.39, 0.29) is 25.3 Å². The lowest BCUT2D eigenvalue weighted by Crippen LogP contribution is -2.56. The first kappa shape index (κ1) is 29.9. The van der Waals surface area contributed by atoms with E-state index >= 15 is 0 Å². The third-order valence-corrected chi connectivity index (χ3v) is 4.94. The maximum Gasteiger partial charge on any atom is 0.326 e. The van der Waals surface area contributed by atoms with Gasteiger partial charge in [0, 0.05) is 6.54 Å². The lowest BCUT2D eigenvalue weighted by Gasteiger charge is -2.23. The van der Waals surface area contributed by atoms with Crippen molar-refractivity contribution in [3.8, 4) is 0 Å². The van der Waals surface area contributed by atoms with Gasteiger partial charge in [-0.05, 0) is 38.2 Å². The Kier molecular flexibility index (Phi) is 14.2. The smallest absolute Gasteiger partial charge is 0.326 e. The van der Waals surface area contributed by atoms with Crippen molar-refractivity contribution in [2.45, 2.75) is 56.8 Å². The molecule has 0 aliphatic rings. The van der Waals surface area contributed by atoms with Crippen LogP contribution in [0.5, 0.6) is 0 Å². The summed E-state index contributed by atoms with van der Waals surface area (Å²) < 4.78 is 0. The van der Waals surface area contributed by atoms with E-state index in [4.69, 9.17) is 22.3 Å². The highest BCUT2D eigenvalue weighted by Gasteiger charge is 2.30. The van der Waals surface area contributed by atoms with Crippen molar-refractivity contribution < 1.29 is 34.2 Å². The number of aliphatic carboxylic acids is 2. The topological polar surface area (TPSA) is 252 Å². The lowest BCUT2D eigenvalue weighted by atomic mass is 10.1. The summed E-state index contributed by atoms with van der Waals surface area (Å²) in [4.78, 5) is 63.3. The summed E-state index contributed by atoms with van der Waals surface area (Å²) in [5, 5.41) is 25.2. The Bertz CT molecular complexity index is 731. The van der Waals surface area contributed by atoms with Crippen LogP contribution < -0.4 is 33.2 Å². The maximum absolute atomic E-state index is 12.5. The third-order valence-electron chi connectivity index (χ3n) is 4.29. The van der Waals surface area contributed by atoms with Crippen molar-refractivity contribution >= 4 is 47.4 Å². The van der Waals surface area contributed by atoms with Crippen molar-refractivity contribution in [3.63, 3.8) is 0 Å². The number of carbonyl (C=O) groups excluding carboxylic acids is 3. The molecule has 0 aromatic rings. The van der Waals surface area contributed by atoms with Crippen LogP contribution in [-0.2, 0) is 24.0 Å². The number of carbonyl (C=O) groups is 5. The van der Waals surface area contributed by atoms with Crippen LogP contribution in [0.3, 0.4) is 0 Å². The third kappa shape index (κ3) is 13.2. The van der Waals surface area contributed by atoms with Crippen molar-refractivity contribution in [1.29, 1.82) is 0 Å². The summed E-state index contributed by atoms with van der Waals surface area (Å²) >= 11 is 1.51. The summed E-state index contributed by atoms with van der Waals surface area (Å²) in [5.41, 5.74) is 16.1. The van der Waals surface area contributed by atoms with Crippen LogP contribution in [0.25, 0.3) is 0 Å². The Morgan fingerprint density at radius 3 is 2.06 bits per heavy atom. The summed E-state index contributed by atoms with van der Waals surface area (Å²) in [6.07, 6.45) is 1.64. The second-order valence-corrected chi connectivity index (χ2v) is 8.11. The molecule has 0 heterocycles. The Morgan fingerprint density at radius 2 is 1.55 bits per heavy atom. The van der Waals surface area contributed by atoms with Gasteiger partial charge < -0.3 is 43.4 Å². The zero-order valence-electron chi connectivity index (χ0n) is 18.6. The lowest BCUT2D eigenvalue weighted by molar-refractivity contribution is -0.143. The molecular weight excluding hydrogens is 458 g/mol. The maximum atomic E-state index is 12.5. The minimum Gasteiger partial charge on any atom is -0.481 e. The molecule has 0 aromatic carbocycles. The predicted molar refractivity (Wildman–Crippen MR) is 122 cm³/mol. The van der Waals surface area contributed by atoms with Gasteiger partial charge in [0.1, 0.15) is 18.1 Å². The minimum absolute atomic E-state index is 0.0357. The minimum atomic E-state index is -1.57. The van der Waals surface area contributed by atoms with Crippen LogP contribution in [0, 0.1) is 0 Å². The molecule has 14 nitrogen and oxygen atoms in total. The van der Waals surface area contributed by atoms with E-state index in [1.807, 2.05) is 6.26 Å². The second kappa shape index (κ2) is 15.7. The van der Waals surface area contributed by atoms with Gasteiger partial charge in [-0.25, -0.2) is 4.79 Å². The molecule has 0 rings (SSSR count). The number of aliphatic imine (C=N–C) groups is 1. The summed E-state index contributed by atoms with van der Waals surface area (Å²) in [5.74, 6) is -4.68. The van der Waals surface area contributed by atoms with Gasteiger partial charge in [-0.1, -0.05) is 0 Å². The van der Waals surface area contributed by atoms with Gasteiger partial charge in [0.05, 0.1) is 12.5 Å². The molecule has 11 N–H and O–H groups in total. The largest absolute Gasteiger partial charge is 0.481 e. The number of hydrogen-bond donors (Lipinski definition) is 8. The van der Waals surface area contributed by atoms with E-state index in [2.05, 4.69) is 20.9 Å². The average Bonchev–Trinajstić information content (AvgIpc) is 2.72. The Hall–Kier alpha value is -3.07.